The van der Waals surface area contributed by atoms with Crippen molar-refractivity contribution in [3.63, 3.8) is 0 Å². The van der Waals surface area contributed by atoms with Crippen molar-refractivity contribution >= 4 is 18.2 Å². The quantitative estimate of drug-likeness (QED) is 0.243. The Hall–Kier alpha value is -2.37. The van der Waals surface area contributed by atoms with Crippen LogP contribution in [-0.2, 0) is 19.1 Å². The lowest BCUT2D eigenvalue weighted by Gasteiger charge is -2.36. The van der Waals surface area contributed by atoms with Crippen molar-refractivity contribution in [1.82, 2.24) is 0 Å². The zero-order chi connectivity index (χ0) is 18.9. The van der Waals surface area contributed by atoms with Crippen LogP contribution >= 0.6 is 0 Å². The summed E-state index contributed by atoms with van der Waals surface area (Å²) in [7, 11) is 0. The molecule has 0 spiro atoms. The van der Waals surface area contributed by atoms with Crippen molar-refractivity contribution < 1.29 is 24.3 Å². The van der Waals surface area contributed by atoms with Gasteiger partial charge < -0.3 is 14.7 Å². The molecule has 0 unspecified atom stereocenters. The van der Waals surface area contributed by atoms with E-state index in [-0.39, 0.29) is 25.6 Å². The van der Waals surface area contributed by atoms with E-state index < -0.39 is 23.3 Å². The number of carbonyl (C=O) groups excluding carboxylic acids is 2. The van der Waals surface area contributed by atoms with Gasteiger partial charge in [-0.2, -0.15) is 0 Å². The lowest BCUT2D eigenvalue weighted by atomic mass is 9.66. The SMILES string of the molecule is CCOC(=O)C(CC)(C(=O)OCC)[C@H](/C=N/O)[C@@H](C)c1ccccc1. The molecule has 0 aromatic heterocycles. The fourth-order valence-corrected chi connectivity index (χ4v) is 3.12. The molecule has 1 N–H and O–H groups in total. The Labute approximate surface area is 148 Å². The maximum Gasteiger partial charge on any atom is 0.324 e. The maximum absolute atomic E-state index is 12.8. The van der Waals surface area contributed by atoms with E-state index in [0.29, 0.717) is 0 Å². The predicted octanol–water partition coefficient (Wildman–Crippen LogP) is 3.39. The fraction of sp³-hybridized carbons (Fsp3) is 0.526. The van der Waals surface area contributed by atoms with E-state index in [1.165, 1.54) is 6.21 Å². The first-order valence-corrected chi connectivity index (χ1v) is 8.56. The highest BCUT2D eigenvalue weighted by Gasteiger charge is 2.55. The first-order chi connectivity index (χ1) is 12.0. The van der Waals surface area contributed by atoms with E-state index in [4.69, 9.17) is 9.47 Å². The molecule has 0 aliphatic heterocycles. The smallest absolute Gasteiger partial charge is 0.324 e. The average Bonchev–Trinajstić information content (AvgIpc) is 2.62. The van der Waals surface area contributed by atoms with Crippen LogP contribution in [-0.4, -0.2) is 36.6 Å². The highest BCUT2D eigenvalue weighted by Crippen LogP contribution is 2.42. The molecule has 0 saturated carbocycles. The van der Waals surface area contributed by atoms with Gasteiger partial charge in [-0.05, 0) is 31.7 Å². The summed E-state index contributed by atoms with van der Waals surface area (Å²) in [4.78, 5) is 25.6. The Morgan fingerprint density at radius 1 is 1.12 bits per heavy atom. The van der Waals surface area contributed by atoms with Crippen LogP contribution in [0.3, 0.4) is 0 Å². The van der Waals surface area contributed by atoms with E-state index in [2.05, 4.69) is 5.16 Å². The van der Waals surface area contributed by atoms with Crippen LogP contribution in [0.1, 0.15) is 45.6 Å². The van der Waals surface area contributed by atoms with Gasteiger partial charge in [0.2, 0.25) is 0 Å². The van der Waals surface area contributed by atoms with Crippen molar-refractivity contribution in [2.75, 3.05) is 13.2 Å². The van der Waals surface area contributed by atoms with Crippen molar-refractivity contribution in [3.05, 3.63) is 35.9 Å². The van der Waals surface area contributed by atoms with E-state index in [1.54, 1.807) is 20.8 Å². The van der Waals surface area contributed by atoms with Crippen molar-refractivity contribution in [1.29, 1.82) is 0 Å². The van der Waals surface area contributed by atoms with Gasteiger partial charge in [0.05, 0.1) is 13.2 Å². The largest absolute Gasteiger partial charge is 0.465 e. The number of esters is 2. The molecule has 1 aromatic carbocycles. The summed E-state index contributed by atoms with van der Waals surface area (Å²) in [6.45, 7) is 7.25. The molecule has 0 bridgehead atoms. The van der Waals surface area contributed by atoms with Crippen LogP contribution in [0, 0.1) is 11.3 Å². The Morgan fingerprint density at radius 2 is 1.64 bits per heavy atom. The maximum atomic E-state index is 12.8. The standard InChI is InChI=1S/C19H27NO5/c1-5-19(17(21)24-6-2,18(22)25-7-3)16(13-20-23)14(4)15-11-9-8-10-12-15/h8-14,16,23H,5-7H2,1-4H3/b20-13+/t14-,16+/m0/s1. The van der Waals surface area contributed by atoms with Crippen molar-refractivity contribution in [2.45, 2.75) is 40.0 Å². The Balaban J connectivity index is 3.48. The third kappa shape index (κ3) is 4.38. The number of hydrogen-bond donors (Lipinski definition) is 1. The molecule has 0 saturated heterocycles. The lowest BCUT2D eigenvalue weighted by Crippen LogP contribution is -2.49. The summed E-state index contributed by atoms with van der Waals surface area (Å²) in [5, 5.41) is 12.3. The number of hydrogen-bond acceptors (Lipinski definition) is 6. The van der Waals surface area contributed by atoms with E-state index in [0.717, 1.165) is 5.56 Å². The zero-order valence-corrected chi connectivity index (χ0v) is 15.3. The summed E-state index contributed by atoms with van der Waals surface area (Å²) in [6.07, 6.45) is 1.40. The predicted molar refractivity (Wildman–Crippen MR) is 94.6 cm³/mol. The summed E-state index contributed by atoms with van der Waals surface area (Å²) in [5.41, 5.74) is -0.660. The molecule has 0 fully saturated rings. The third-order valence-corrected chi connectivity index (χ3v) is 4.50. The van der Waals surface area contributed by atoms with Gasteiger partial charge in [-0.25, -0.2) is 0 Å². The molecule has 0 radical (unpaired) electrons. The van der Waals surface area contributed by atoms with Crippen LogP contribution in [0.2, 0.25) is 0 Å². The molecule has 138 valence electrons. The number of carbonyl (C=O) groups is 2. The zero-order valence-electron chi connectivity index (χ0n) is 15.3. The Morgan fingerprint density at radius 3 is 2.04 bits per heavy atom. The van der Waals surface area contributed by atoms with Crippen LogP contribution in [0.5, 0.6) is 0 Å². The fourth-order valence-electron chi connectivity index (χ4n) is 3.12. The molecule has 0 amide bonds. The minimum absolute atomic E-state index is 0.142. The molecule has 1 aromatic rings. The van der Waals surface area contributed by atoms with Crippen LogP contribution in [0.4, 0.5) is 0 Å². The first-order valence-electron chi connectivity index (χ1n) is 8.56. The van der Waals surface area contributed by atoms with Gasteiger partial charge in [0, 0.05) is 12.1 Å². The third-order valence-electron chi connectivity index (χ3n) is 4.50. The summed E-state index contributed by atoms with van der Waals surface area (Å²) < 4.78 is 10.4. The average molecular weight is 349 g/mol. The number of nitrogens with zero attached hydrogens (tertiary/aromatic N) is 1. The van der Waals surface area contributed by atoms with Crippen molar-refractivity contribution in [2.24, 2.45) is 16.5 Å². The number of ether oxygens (including phenoxy) is 2. The molecule has 25 heavy (non-hydrogen) atoms. The molecule has 0 aliphatic carbocycles. The topological polar surface area (TPSA) is 85.2 Å². The molecule has 6 heteroatoms. The highest BCUT2D eigenvalue weighted by molar-refractivity contribution is 6.03. The Kier molecular flexibility index (Phi) is 8.11. The number of benzene rings is 1. The summed E-state index contributed by atoms with van der Waals surface area (Å²) >= 11 is 0. The van der Waals surface area contributed by atoms with Gasteiger partial charge in [0.25, 0.3) is 0 Å². The van der Waals surface area contributed by atoms with Crippen LogP contribution < -0.4 is 0 Å². The van der Waals surface area contributed by atoms with Gasteiger partial charge in [0.1, 0.15) is 0 Å². The minimum Gasteiger partial charge on any atom is -0.465 e. The molecule has 1 rings (SSSR count). The lowest BCUT2D eigenvalue weighted by molar-refractivity contribution is -0.175. The molecular weight excluding hydrogens is 322 g/mol. The second kappa shape index (κ2) is 9.81. The van der Waals surface area contributed by atoms with E-state index >= 15 is 0 Å². The molecular formula is C19H27NO5. The van der Waals surface area contributed by atoms with Crippen LogP contribution in [0.25, 0.3) is 0 Å². The highest BCUT2D eigenvalue weighted by atomic mass is 16.6. The summed E-state index contributed by atoms with van der Waals surface area (Å²) in [5.74, 6) is -2.32. The second-order valence-electron chi connectivity index (χ2n) is 5.76. The molecule has 6 nitrogen and oxygen atoms in total. The second-order valence-corrected chi connectivity index (χ2v) is 5.76. The summed E-state index contributed by atoms with van der Waals surface area (Å²) in [6, 6.07) is 9.44. The molecule has 0 aliphatic rings. The van der Waals surface area contributed by atoms with Gasteiger partial charge in [-0.15, -0.1) is 5.16 Å². The minimum atomic E-state index is -1.58. The van der Waals surface area contributed by atoms with Crippen molar-refractivity contribution in [3.8, 4) is 0 Å². The Bertz CT molecular complexity index is 567. The van der Waals surface area contributed by atoms with Gasteiger partial charge in [0.15, 0.2) is 5.41 Å². The van der Waals surface area contributed by atoms with E-state index in [9.17, 15) is 14.8 Å². The van der Waals surface area contributed by atoms with Crippen LogP contribution in [0.15, 0.2) is 35.5 Å². The van der Waals surface area contributed by atoms with Gasteiger partial charge >= 0.3 is 11.9 Å². The molecule has 0 heterocycles. The molecule has 2 atom stereocenters. The van der Waals surface area contributed by atoms with Gasteiger partial charge in [-0.3, -0.25) is 9.59 Å². The number of rotatable bonds is 9. The first kappa shape index (κ1) is 20.7. The number of oxime groups is 1. The monoisotopic (exact) mass is 349 g/mol. The van der Waals surface area contributed by atoms with Gasteiger partial charge in [-0.1, -0.05) is 44.2 Å². The van der Waals surface area contributed by atoms with E-state index in [1.807, 2.05) is 37.3 Å². The normalized spacial score (nSPS) is 14.1.